The Bertz CT molecular complexity index is 584. The second-order valence-electron chi connectivity index (χ2n) is 6.24. The van der Waals surface area contributed by atoms with E-state index in [0.29, 0.717) is 5.56 Å². The van der Waals surface area contributed by atoms with Crippen molar-refractivity contribution in [2.75, 3.05) is 0 Å². The minimum Gasteiger partial charge on any atom is -0.478 e. The summed E-state index contributed by atoms with van der Waals surface area (Å²) < 4.78 is 0. The van der Waals surface area contributed by atoms with Crippen molar-refractivity contribution in [1.29, 1.82) is 0 Å². The number of allylic oxidation sites excluding steroid dienone is 4. The van der Waals surface area contributed by atoms with Crippen LogP contribution in [0.4, 0.5) is 0 Å². The van der Waals surface area contributed by atoms with Crippen molar-refractivity contribution >= 4 is 5.97 Å². The standard InChI is InChI=1S/C13H17.C7H6O2.2CH3.Ti/c1-3-7-12-10(5-1)9-11-6-2-4-8-13(11)12;8-7(9)6-4-2-1-3-5-6;;;/h5H,1-4,6-9H2;1-5H,(H,8,9);2*1H3;/q-1;;2*-1;+3. The maximum atomic E-state index is 10.2. The molecule has 1 aromatic rings. The van der Waals surface area contributed by atoms with Gasteiger partial charge >= 0.3 is 27.7 Å². The second-order valence-corrected chi connectivity index (χ2v) is 6.24. The first-order valence-electron chi connectivity index (χ1n) is 8.30. The molecule has 133 valence electrons. The zero-order valence-electron chi connectivity index (χ0n) is 15.5. The van der Waals surface area contributed by atoms with Gasteiger partial charge in [-0.3, -0.25) is 0 Å². The van der Waals surface area contributed by atoms with Gasteiger partial charge in [-0.15, -0.1) is 12.0 Å². The monoisotopic (exact) mass is 373 g/mol. The maximum Gasteiger partial charge on any atom is 3.00 e. The Balaban J connectivity index is 0.000000435. The molecule has 4 rings (SSSR count). The van der Waals surface area contributed by atoms with Crippen LogP contribution in [0.1, 0.15) is 61.7 Å². The summed E-state index contributed by atoms with van der Waals surface area (Å²) in [6.07, 6.45) is 13.6. The summed E-state index contributed by atoms with van der Waals surface area (Å²) in [5, 5.41) is 8.38. The Hall–Kier alpha value is -1.25. The molecule has 1 aromatic carbocycles. The zero-order chi connectivity index (χ0) is 15.4. The minimum atomic E-state index is -0.879. The van der Waals surface area contributed by atoms with Gasteiger partial charge in [-0.05, 0) is 37.8 Å². The third-order valence-electron chi connectivity index (χ3n) is 4.78. The van der Waals surface area contributed by atoms with Gasteiger partial charge in [0.05, 0.1) is 5.56 Å². The van der Waals surface area contributed by atoms with Crippen molar-refractivity contribution in [1.82, 2.24) is 0 Å². The van der Waals surface area contributed by atoms with Gasteiger partial charge in [-0.2, -0.15) is 5.57 Å². The van der Waals surface area contributed by atoms with Crippen LogP contribution in [0.3, 0.4) is 0 Å². The van der Waals surface area contributed by atoms with Crippen LogP contribution < -0.4 is 0 Å². The predicted octanol–water partition coefficient (Wildman–Crippen LogP) is 6.23. The van der Waals surface area contributed by atoms with Crippen molar-refractivity contribution in [3.05, 3.63) is 79.5 Å². The number of carbonyl (C=O) groups is 1. The van der Waals surface area contributed by atoms with Crippen LogP contribution in [0.5, 0.6) is 0 Å². The molecule has 0 fully saturated rings. The Labute approximate surface area is 168 Å². The van der Waals surface area contributed by atoms with Crippen LogP contribution in [0.25, 0.3) is 0 Å². The molecule has 0 bridgehead atoms. The summed E-state index contributed by atoms with van der Waals surface area (Å²) >= 11 is 0. The first-order chi connectivity index (χ1) is 10.8. The summed E-state index contributed by atoms with van der Waals surface area (Å²) in [7, 11) is 0. The minimum absolute atomic E-state index is 0. The summed E-state index contributed by atoms with van der Waals surface area (Å²) in [4.78, 5) is 10.2. The third kappa shape index (κ3) is 5.90. The van der Waals surface area contributed by atoms with Gasteiger partial charge in [0.25, 0.3) is 0 Å². The van der Waals surface area contributed by atoms with Crippen LogP contribution >= 0.6 is 0 Å². The Morgan fingerprint density at radius 1 is 0.920 bits per heavy atom. The maximum absolute atomic E-state index is 10.2. The van der Waals surface area contributed by atoms with E-state index in [2.05, 4.69) is 6.42 Å². The van der Waals surface area contributed by atoms with Gasteiger partial charge in [-0.1, -0.05) is 43.0 Å². The van der Waals surface area contributed by atoms with Gasteiger partial charge in [0.15, 0.2) is 0 Å². The van der Waals surface area contributed by atoms with E-state index in [0.717, 1.165) is 0 Å². The van der Waals surface area contributed by atoms with Crippen molar-refractivity contribution in [2.45, 2.75) is 51.4 Å². The van der Waals surface area contributed by atoms with E-state index in [1.54, 1.807) is 52.6 Å². The van der Waals surface area contributed by atoms with E-state index in [4.69, 9.17) is 5.11 Å². The van der Waals surface area contributed by atoms with Gasteiger partial charge in [0.1, 0.15) is 0 Å². The van der Waals surface area contributed by atoms with Gasteiger partial charge in [0, 0.05) is 0 Å². The number of aromatic carboxylic acids is 1. The molecule has 0 saturated heterocycles. The first-order valence-corrected chi connectivity index (χ1v) is 8.30. The summed E-state index contributed by atoms with van der Waals surface area (Å²) in [5.74, 6) is -0.879. The molecule has 0 aliphatic heterocycles. The largest absolute Gasteiger partial charge is 3.00 e. The fourth-order valence-corrected chi connectivity index (χ4v) is 3.70. The molecule has 0 amide bonds. The second kappa shape index (κ2) is 11.4. The average Bonchev–Trinajstić information content (AvgIpc) is 2.95. The SMILES string of the molecule is O=C(O)c1ccccc1.[CH-]1CCCC2=C1CC1=C2CCCC1.[CH3-].[CH3-].[Ti+3]. The normalized spacial score (nSPS) is 17.3. The average molecular weight is 373 g/mol. The zero-order valence-corrected chi connectivity index (χ0v) is 17.0. The molecule has 1 N–H and O–H groups in total. The number of benzene rings is 1. The number of carboxylic acids is 1. The van der Waals surface area contributed by atoms with Crippen molar-refractivity contribution in [3.8, 4) is 0 Å². The third-order valence-corrected chi connectivity index (χ3v) is 4.78. The van der Waals surface area contributed by atoms with Crippen LogP contribution in [0.2, 0.25) is 0 Å². The van der Waals surface area contributed by atoms with Crippen molar-refractivity contribution in [3.63, 3.8) is 0 Å². The van der Waals surface area contributed by atoms with Crippen LogP contribution in [0, 0.1) is 21.3 Å². The van der Waals surface area contributed by atoms with Crippen molar-refractivity contribution in [2.24, 2.45) is 0 Å². The number of rotatable bonds is 1. The van der Waals surface area contributed by atoms with Crippen LogP contribution in [-0.4, -0.2) is 11.1 Å². The summed E-state index contributed by atoms with van der Waals surface area (Å²) in [6.45, 7) is 0. The number of hydrogen-bond donors (Lipinski definition) is 1. The number of carboxylic acid groups (broad SMARTS) is 1. The topological polar surface area (TPSA) is 37.3 Å². The Morgan fingerprint density at radius 3 is 2.20 bits per heavy atom. The fourth-order valence-electron chi connectivity index (χ4n) is 3.70. The van der Waals surface area contributed by atoms with Crippen molar-refractivity contribution < 1.29 is 31.6 Å². The van der Waals surface area contributed by atoms with E-state index in [1.807, 2.05) is 0 Å². The van der Waals surface area contributed by atoms with E-state index < -0.39 is 5.97 Å². The van der Waals surface area contributed by atoms with Gasteiger partial charge < -0.3 is 20.0 Å². The molecule has 3 aliphatic carbocycles. The molecule has 3 aliphatic rings. The molecule has 0 saturated carbocycles. The van der Waals surface area contributed by atoms with Crippen LogP contribution in [-0.2, 0) is 21.7 Å². The molecular formula is C22H29O2Ti. The molecular weight excluding hydrogens is 344 g/mol. The van der Waals surface area contributed by atoms with Gasteiger partial charge in [0.2, 0.25) is 0 Å². The molecule has 25 heavy (non-hydrogen) atoms. The quantitative estimate of drug-likeness (QED) is 0.468. The molecule has 0 heterocycles. The number of fused-ring (bicyclic) bond motifs is 1. The smallest absolute Gasteiger partial charge is 0.478 e. The fraction of sp³-hybridized carbons (Fsp3) is 0.364. The molecule has 0 unspecified atom stereocenters. The van der Waals surface area contributed by atoms with E-state index >= 15 is 0 Å². The summed E-state index contributed by atoms with van der Waals surface area (Å²) in [6, 6.07) is 8.30. The van der Waals surface area contributed by atoms with E-state index in [1.165, 1.54) is 51.4 Å². The summed E-state index contributed by atoms with van der Waals surface area (Å²) in [5.41, 5.74) is 7.39. The van der Waals surface area contributed by atoms with E-state index in [-0.39, 0.29) is 36.6 Å². The molecule has 0 atom stereocenters. The molecule has 1 radical (unpaired) electrons. The number of hydrogen-bond acceptors (Lipinski definition) is 1. The predicted molar refractivity (Wildman–Crippen MR) is 102 cm³/mol. The Morgan fingerprint density at radius 2 is 1.56 bits per heavy atom. The Kier molecular flexibility index (Phi) is 10.8. The van der Waals surface area contributed by atoms with E-state index in [9.17, 15) is 4.79 Å². The molecule has 0 spiro atoms. The molecule has 3 heteroatoms. The van der Waals surface area contributed by atoms with Gasteiger partial charge in [-0.25, -0.2) is 16.8 Å². The molecule has 0 aromatic heterocycles. The molecule has 2 nitrogen and oxygen atoms in total. The van der Waals surface area contributed by atoms with Crippen LogP contribution in [0.15, 0.2) is 52.6 Å². The first kappa shape index (κ1) is 23.8.